The monoisotopic (exact) mass is 382 g/mol. The topological polar surface area (TPSA) is 44.8 Å². The average molecular weight is 383 g/mol. The van der Waals surface area contributed by atoms with Crippen LogP contribution in [0.5, 0.6) is 17.2 Å². The molecule has 0 spiro atoms. The normalized spacial score (nSPS) is 10.7. The first kappa shape index (κ1) is 16.6. The van der Waals surface area contributed by atoms with Gasteiger partial charge in [-0.25, -0.2) is 0 Å². The summed E-state index contributed by atoms with van der Waals surface area (Å²) >= 11 is 4.94. The van der Waals surface area contributed by atoms with Crippen molar-refractivity contribution in [1.29, 1.82) is 0 Å². The van der Waals surface area contributed by atoms with Gasteiger partial charge in [0, 0.05) is 20.3 Å². The Kier molecular flexibility index (Phi) is 5.63. The number of hydrogen-bond acceptors (Lipinski definition) is 5. The summed E-state index contributed by atoms with van der Waals surface area (Å²) in [7, 11) is 4.56. The summed E-state index contributed by atoms with van der Waals surface area (Å²) in [5, 5.41) is 1.96. The van der Waals surface area contributed by atoms with E-state index in [2.05, 4.69) is 15.9 Å². The molecule has 0 unspecified atom stereocenters. The second-order valence-corrected chi connectivity index (χ2v) is 6.14. The molecule has 0 N–H and O–H groups in total. The molecule has 1 heterocycles. The highest BCUT2D eigenvalue weighted by Crippen LogP contribution is 2.38. The van der Waals surface area contributed by atoms with Crippen LogP contribution in [-0.4, -0.2) is 27.1 Å². The lowest BCUT2D eigenvalue weighted by molar-refractivity contribution is 0.104. The maximum Gasteiger partial charge on any atom is 0.203 e. The number of hydrogen-bond donors (Lipinski definition) is 0. The Morgan fingerprint density at radius 2 is 1.73 bits per heavy atom. The van der Waals surface area contributed by atoms with E-state index in [9.17, 15) is 4.79 Å². The number of thiophene rings is 1. The average Bonchev–Trinajstić information content (AvgIpc) is 2.96. The van der Waals surface area contributed by atoms with Gasteiger partial charge < -0.3 is 14.2 Å². The fraction of sp³-hybridized carbons (Fsp3) is 0.188. The van der Waals surface area contributed by atoms with Crippen molar-refractivity contribution >= 4 is 39.1 Å². The van der Waals surface area contributed by atoms with Gasteiger partial charge in [-0.3, -0.25) is 4.79 Å². The van der Waals surface area contributed by atoms with Crippen molar-refractivity contribution in [2.45, 2.75) is 0 Å². The third kappa shape index (κ3) is 3.69. The van der Waals surface area contributed by atoms with Gasteiger partial charge in [0.2, 0.25) is 5.75 Å². The first-order valence-electron chi connectivity index (χ1n) is 6.35. The zero-order valence-electron chi connectivity index (χ0n) is 12.4. The molecule has 1 aromatic heterocycles. The quantitative estimate of drug-likeness (QED) is 0.547. The van der Waals surface area contributed by atoms with E-state index in [1.165, 1.54) is 27.4 Å². The number of halogens is 1. The molecule has 116 valence electrons. The molecule has 4 nitrogen and oxygen atoms in total. The number of carbonyl (C=O) groups excluding carboxylic acids is 1. The summed E-state index contributed by atoms with van der Waals surface area (Å²) < 4.78 is 16.7. The van der Waals surface area contributed by atoms with E-state index < -0.39 is 0 Å². The molecule has 0 aliphatic carbocycles. The van der Waals surface area contributed by atoms with Crippen LogP contribution >= 0.6 is 27.3 Å². The molecular weight excluding hydrogens is 368 g/mol. The van der Waals surface area contributed by atoms with Gasteiger partial charge in [0.1, 0.15) is 0 Å². The SMILES string of the molecule is COc1cc(C(=O)C=Cc2cc(Br)cs2)cc(OC)c1OC. The highest BCUT2D eigenvalue weighted by atomic mass is 79.9. The van der Waals surface area contributed by atoms with Crippen molar-refractivity contribution in [3.05, 3.63) is 44.6 Å². The van der Waals surface area contributed by atoms with Crippen molar-refractivity contribution < 1.29 is 19.0 Å². The molecular formula is C16H15BrO4S. The van der Waals surface area contributed by atoms with Crippen molar-refractivity contribution in [3.8, 4) is 17.2 Å². The third-order valence-electron chi connectivity index (χ3n) is 2.94. The Hall–Kier alpha value is -1.79. The molecule has 0 bridgehead atoms. The third-order valence-corrected chi connectivity index (χ3v) is 4.59. The van der Waals surface area contributed by atoms with E-state index in [1.54, 1.807) is 29.5 Å². The Labute approximate surface area is 141 Å². The van der Waals surface area contributed by atoms with Crippen LogP contribution in [0.15, 0.2) is 34.1 Å². The highest BCUT2D eigenvalue weighted by molar-refractivity contribution is 9.10. The van der Waals surface area contributed by atoms with E-state index in [-0.39, 0.29) is 5.78 Å². The van der Waals surface area contributed by atoms with Gasteiger partial charge in [-0.15, -0.1) is 11.3 Å². The van der Waals surface area contributed by atoms with E-state index in [4.69, 9.17) is 14.2 Å². The predicted octanol–water partition coefficient (Wildman–Crippen LogP) is 4.43. The molecule has 0 aliphatic rings. The van der Waals surface area contributed by atoms with Gasteiger partial charge in [-0.1, -0.05) is 0 Å². The molecule has 1 aromatic carbocycles. The molecule has 0 aliphatic heterocycles. The minimum Gasteiger partial charge on any atom is -0.493 e. The summed E-state index contributed by atoms with van der Waals surface area (Å²) in [6.07, 6.45) is 3.31. The minimum absolute atomic E-state index is 0.135. The Morgan fingerprint density at radius 1 is 1.09 bits per heavy atom. The molecule has 22 heavy (non-hydrogen) atoms. The van der Waals surface area contributed by atoms with Gasteiger partial charge in [-0.2, -0.15) is 0 Å². The Morgan fingerprint density at radius 3 is 2.18 bits per heavy atom. The lowest BCUT2D eigenvalue weighted by Crippen LogP contribution is -2.00. The van der Waals surface area contributed by atoms with Crippen LogP contribution in [0.4, 0.5) is 0 Å². The maximum atomic E-state index is 12.3. The summed E-state index contributed by atoms with van der Waals surface area (Å²) in [6.45, 7) is 0. The van der Waals surface area contributed by atoms with Gasteiger partial charge in [0.15, 0.2) is 17.3 Å². The van der Waals surface area contributed by atoms with E-state index in [0.29, 0.717) is 22.8 Å². The molecule has 6 heteroatoms. The molecule has 0 fully saturated rings. The molecule has 0 amide bonds. The standard InChI is InChI=1S/C16H15BrO4S/c1-19-14-6-10(7-15(20-2)16(14)21-3)13(18)5-4-12-8-11(17)9-22-12/h4-9H,1-3H3. The van der Waals surface area contributed by atoms with E-state index >= 15 is 0 Å². The smallest absolute Gasteiger partial charge is 0.203 e. The fourth-order valence-corrected chi connectivity index (χ4v) is 3.23. The first-order chi connectivity index (χ1) is 10.6. The van der Waals surface area contributed by atoms with Gasteiger partial charge in [-0.05, 0) is 46.3 Å². The zero-order chi connectivity index (χ0) is 16.1. The fourth-order valence-electron chi connectivity index (χ4n) is 1.89. The van der Waals surface area contributed by atoms with Crippen LogP contribution < -0.4 is 14.2 Å². The molecule has 2 aromatic rings. The van der Waals surface area contributed by atoms with Crippen LogP contribution in [0.25, 0.3) is 6.08 Å². The Balaban J connectivity index is 2.31. The number of allylic oxidation sites excluding steroid dienone is 1. The van der Waals surface area contributed by atoms with Crippen molar-refractivity contribution in [2.75, 3.05) is 21.3 Å². The van der Waals surface area contributed by atoms with Gasteiger partial charge in [0.05, 0.1) is 21.3 Å². The van der Waals surface area contributed by atoms with Crippen LogP contribution in [0.1, 0.15) is 15.2 Å². The number of ketones is 1. The van der Waals surface area contributed by atoms with Crippen LogP contribution in [0.2, 0.25) is 0 Å². The minimum atomic E-state index is -0.135. The van der Waals surface area contributed by atoms with E-state index in [1.807, 2.05) is 11.4 Å². The second-order valence-electron chi connectivity index (χ2n) is 4.28. The zero-order valence-corrected chi connectivity index (χ0v) is 14.8. The first-order valence-corrected chi connectivity index (χ1v) is 8.02. The van der Waals surface area contributed by atoms with Gasteiger partial charge in [0.25, 0.3) is 0 Å². The lowest BCUT2D eigenvalue weighted by atomic mass is 10.1. The maximum absolute atomic E-state index is 12.3. The summed E-state index contributed by atoms with van der Waals surface area (Å²) in [6, 6.07) is 5.22. The lowest BCUT2D eigenvalue weighted by Gasteiger charge is -2.13. The number of benzene rings is 1. The second kappa shape index (κ2) is 7.47. The van der Waals surface area contributed by atoms with Gasteiger partial charge >= 0.3 is 0 Å². The number of methoxy groups -OCH3 is 3. The Bertz CT molecular complexity index is 681. The number of ether oxygens (including phenoxy) is 3. The molecule has 0 saturated carbocycles. The number of carbonyl (C=O) groups is 1. The van der Waals surface area contributed by atoms with E-state index in [0.717, 1.165) is 9.35 Å². The predicted molar refractivity (Wildman–Crippen MR) is 91.5 cm³/mol. The molecule has 0 atom stereocenters. The van der Waals surface area contributed by atoms with Crippen molar-refractivity contribution in [3.63, 3.8) is 0 Å². The van der Waals surface area contributed by atoms with Crippen LogP contribution in [-0.2, 0) is 0 Å². The molecule has 0 radical (unpaired) electrons. The summed E-state index contributed by atoms with van der Waals surface area (Å²) in [4.78, 5) is 13.3. The molecule has 2 rings (SSSR count). The van der Waals surface area contributed by atoms with Crippen molar-refractivity contribution in [2.24, 2.45) is 0 Å². The van der Waals surface area contributed by atoms with Crippen LogP contribution in [0, 0.1) is 0 Å². The largest absolute Gasteiger partial charge is 0.493 e. The summed E-state index contributed by atoms with van der Waals surface area (Å²) in [5.41, 5.74) is 0.473. The number of rotatable bonds is 6. The molecule has 0 saturated heterocycles. The summed E-state index contributed by atoms with van der Waals surface area (Å²) in [5.74, 6) is 1.24. The highest BCUT2D eigenvalue weighted by Gasteiger charge is 2.15. The van der Waals surface area contributed by atoms with Crippen molar-refractivity contribution in [1.82, 2.24) is 0 Å². The van der Waals surface area contributed by atoms with Crippen LogP contribution in [0.3, 0.4) is 0 Å².